The zero-order chi connectivity index (χ0) is 14.4. The summed E-state index contributed by atoms with van der Waals surface area (Å²) in [5, 5.41) is 0. The van der Waals surface area contributed by atoms with E-state index < -0.39 is 0 Å². The number of rotatable bonds is 7. The molecule has 20 heavy (non-hydrogen) atoms. The first-order valence-corrected chi connectivity index (χ1v) is 7.88. The van der Waals surface area contributed by atoms with E-state index in [2.05, 4.69) is 6.92 Å². The van der Waals surface area contributed by atoms with E-state index in [0.29, 0.717) is 16.3 Å². The summed E-state index contributed by atoms with van der Waals surface area (Å²) in [5.41, 5.74) is 0.706. The van der Waals surface area contributed by atoms with E-state index in [4.69, 9.17) is 16.3 Å². The topological polar surface area (TPSA) is 26.3 Å². The maximum Gasteiger partial charge on any atom is 0.168 e. The number of thiophene rings is 1. The summed E-state index contributed by atoms with van der Waals surface area (Å²) < 4.78 is 6.29. The van der Waals surface area contributed by atoms with Gasteiger partial charge in [0.2, 0.25) is 0 Å². The van der Waals surface area contributed by atoms with Gasteiger partial charge in [-0.2, -0.15) is 0 Å². The van der Waals surface area contributed by atoms with E-state index in [1.54, 1.807) is 0 Å². The Morgan fingerprint density at radius 1 is 1.20 bits per heavy atom. The zero-order valence-corrected chi connectivity index (χ0v) is 13.0. The first kappa shape index (κ1) is 15.1. The second kappa shape index (κ2) is 7.46. The number of benzene rings is 1. The summed E-state index contributed by atoms with van der Waals surface area (Å²) in [6, 6.07) is 11.1. The molecule has 1 aromatic heterocycles. The number of ether oxygens (including phenoxy) is 1. The molecule has 0 aliphatic heterocycles. The fourth-order valence-corrected chi connectivity index (χ4v) is 2.86. The number of hydrogen-bond donors (Lipinski definition) is 0. The molecule has 2 rings (SSSR count). The number of halogens is 1. The third kappa shape index (κ3) is 4.36. The molecule has 0 aliphatic carbocycles. The normalized spacial score (nSPS) is 10.5. The summed E-state index contributed by atoms with van der Waals surface area (Å²) in [7, 11) is 0. The van der Waals surface area contributed by atoms with Crippen LogP contribution in [0.15, 0.2) is 36.4 Å². The summed E-state index contributed by atoms with van der Waals surface area (Å²) >= 11 is 7.31. The first-order valence-electron chi connectivity index (χ1n) is 6.69. The van der Waals surface area contributed by atoms with Gasteiger partial charge in [0.05, 0.1) is 10.9 Å². The number of unbranched alkanes of at least 4 members (excludes halogenated alkanes) is 1. The van der Waals surface area contributed by atoms with Gasteiger partial charge in [0, 0.05) is 16.9 Å². The molecule has 0 fully saturated rings. The minimum atomic E-state index is 0.101. The molecule has 0 amide bonds. The molecule has 0 atom stereocenters. The van der Waals surface area contributed by atoms with Crippen LogP contribution >= 0.6 is 22.9 Å². The molecule has 2 nitrogen and oxygen atoms in total. The molecular weight excluding hydrogens is 292 g/mol. The van der Waals surface area contributed by atoms with E-state index in [-0.39, 0.29) is 5.78 Å². The second-order valence-corrected chi connectivity index (χ2v) is 6.33. The van der Waals surface area contributed by atoms with Gasteiger partial charge in [0.25, 0.3) is 0 Å². The average Bonchev–Trinajstić information content (AvgIpc) is 2.85. The van der Waals surface area contributed by atoms with E-state index in [1.165, 1.54) is 11.3 Å². The van der Waals surface area contributed by atoms with Gasteiger partial charge in [-0.3, -0.25) is 4.79 Å². The van der Waals surface area contributed by atoms with Gasteiger partial charge in [0.15, 0.2) is 5.78 Å². The summed E-state index contributed by atoms with van der Waals surface area (Å²) in [6.45, 7) is 2.85. The van der Waals surface area contributed by atoms with Gasteiger partial charge < -0.3 is 4.74 Å². The van der Waals surface area contributed by atoms with Crippen LogP contribution in [0.4, 0.5) is 0 Å². The predicted molar refractivity (Wildman–Crippen MR) is 84.2 cm³/mol. The lowest BCUT2D eigenvalue weighted by Gasteiger charge is -2.06. The Bertz CT molecular complexity index is 560. The molecular formula is C16H17ClO2S. The van der Waals surface area contributed by atoms with Gasteiger partial charge in [-0.25, -0.2) is 0 Å². The van der Waals surface area contributed by atoms with E-state index >= 15 is 0 Å². The van der Waals surface area contributed by atoms with Crippen LogP contribution in [-0.4, -0.2) is 12.4 Å². The van der Waals surface area contributed by atoms with Crippen molar-refractivity contribution in [3.05, 3.63) is 51.2 Å². The Morgan fingerprint density at radius 3 is 2.55 bits per heavy atom. The molecule has 0 spiro atoms. The van der Waals surface area contributed by atoms with Crippen molar-refractivity contribution < 1.29 is 9.53 Å². The standard InChI is InChI=1S/C16H17ClO2S/c1-2-3-10-19-13-6-4-12(5-7-13)15(18)11-14-8-9-16(17)20-14/h4-9H,2-3,10-11H2,1H3. The minimum absolute atomic E-state index is 0.101. The van der Waals surface area contributed by atoms with Crippen LogP contribution in [0.2, 0.25) is 4.34 Å². The largest absolute Gasteiger partial charge is 0.494 e. The van der Waals surface area contributed by atoms with Crippen molar-refractivity contribution in [3.8, 4) is 5.75 Å². The first-order chi connectivity index (χ1) is 9.69. The van der Waals surface area contributed by atoms with Gasteiger partial charge in [-0.15, -0.1) is 11.3 Å². The zero-order valence-electron chi connectivity index (χ0n) is 11.4. The van der Waals surface area contributed by atoms with Crippen LogP contribution in [0, 0.1) is 0 Å². The van der Waals surface area contributed by atoms with Crippen LogP contribution < -0.4 is 4.74 Å². The molecule has 1 aromatic carbocycles. The Kier molecular flexibility index (Phi) is 5.62. The van der Waals surface area contributed by atoms with Crippen molar-refractivity contribution in [3.63, 3.8) is 0 Å². The molecule has 0 unspecified atom stereocenters. The molecule has 0 aliphatic rings. The molecule has 0 N–H and O–H groups in total. The van der Waals surface area contributed by atoms with Crippen molar-refractivity contribution in [2.75, 3.05) is 6.61 Å². The monoisotopic (exact) mass is 308 g/mol. The van der Waals surface area contributed by atoms with Crippen LogP contribution in [0.1, 0.15) is 35.0 Å². The van der Waals surface area contributed by atoms with Gasteiger partial charge in [-0.05, 0) is 42.8 Å². The number of ketones is 1. The summed E-state index contributed by atoms with van der Waals surface area (Å²) in [6.07, 6.45) is 2.55. The van der Waals surface area contributed by atoms with Gasteiger partial charge in [-0.1, -0.05) is 24.9 Å². The number of Topliss-reactive ketones (excluding diaryl/α,β-unsaturated/α-hetero) is 1. The predicted octanol–water partition coefficient (Wildman–Crippen LogP) is 5.01. The fraction of sp³-hybridized carbons (Fsp3) is 0.312. The third-order valence-electron chi connectivity index (χ3n) is 2.91. The molecule has 2 aromatic rings. The molecule has 0 radical (unpaired) electrons. The Labute approximate surface area is 128 Å². The molecule has 4 heteroatoms. The molecule has 0 saturated heterocycles. The lowest BCUT2D eigenvalue weighted by molar-refractivity contribution is 0.0994. The van der Waals surface area contributed by atoms with Crippen molar-refractivity contribution in [2.45, 2.75) is 26.2 Å². The average molecular weight is 309 g/mol. The van der Waals surface area contributed by atoms with Crippen molar-refractivity contribution in [2.24, 2.45) is 0 Å². The molecule has 106 valence electrons. The third-order valence-corrected chi connectivity index (χ3v) is 4.14. The van der Waals surface area contributed by atoms with Gasteiger partial charge >= 0.3 is 0 Å². The highest BCUT2D eigenvalue weighted by molar-refractivity contribution is 7.16. The van der Waals surface area contributed by atoms with Crippen LogP contribution in [0.5, 0.6) is 5.75 Å². The smallest absolute Gasteiger partial charge is 0.168 e. The maximum absolute atomic E-state index is 12.1. The second-order valence-electron chi connectivity index (χ2n) is 4.53. The van der Waals surface area contributed by atoms with Crippen LogP contribution in [0.3, 0.4) is 0 Å². The van der Waals surface area contributed by atoms with Crippen LogP contribution in [-0.2, 0) is 6.42 Å². The lowest BCUT2D eigenvalue weighted by atomic mass is 10.1. The number of hydrogen-bond acceptors (Lipinski definition) is 3. The fourth-order valence-electron chi connectivity index (χ4n) is 1.78. The number of carbonyl (C=O) groups excluding carboxylic acids is 1. The molecule has 0 saturated carbocycles. The molecule has 1 heterocycles. The van der Waals surface area contributed by atoms with Crippen molar-refractivity contribution in [1.29, 1.82) is 0 Å². The SMILES string of the molecule is CCCCOc1ccc(C(=O)Cc2ccc(Cl)s2)cc1. The van der Waals surface area contributed by atoms with Crippen LogP contribution in [0.25, 0.3) is 0 Å². The highest BCUT2D eigenvalue weighted by Crippen LogP contribution is 2.23. The highest BCUT2D eigenvalue weighted by atomic mass is 35.5. The minimum Gasteiger partial charge on any atom is -0.494 e. The Morgan fingerprint density at radius 2 is 1.95 bits per heavy atom. The van der Waals surface area contributed by atoms with E-state index in [0.717, 1.165) is 30.1 Å². The quantitative estimate of drug-likeness (QED) is 0.531. The summed E-state index contributed by atoms with van der Waals surface area (Å²) in [4.78, 5) is 13.1. The van der Waals surface area contributed by atoms with E-state index in [9.17, 15) is 4.79 Å². The van der Waals surface area contributed by atoms with Crippen molar-refractivity contribution >= 4 is 28.7 Å². The van der Waals surface area contributed by atoms with Crippen molar-refractivity contribution in [1.82, 2.24) is 0 Å². The maximum atomic E-state index is 12.1. The van der Waals surface area contributed by atoms with Gasteiger partial charge in [0.1, 0.15) is 5.75 Å². The molecule has 0 bridgehead atoms. The Hall–Kier alpha value is -1.32. The highest BCUT2D eigenvalue weighted by Gasteiger charge is 2.09. The lowest BCUT2D eigenvalue weighted by Crippen LogP contribution is -2.02. The number of carbonyl (C=O) groups is 1. The summed E-state index contributed by atoms with van der Waals surface area (Å²) in [5.74, 6) is 0.915. The van der Waals surface area contributed by atoms with E-state index in [1.807, 2.05) is 36.4 Å². The Balaban J connectivity index is 1.93.